The first-order valence-corrected chi connectivity index (χ1v) is 6.64. The Morgan fingerprint density at radius 2 is 2.21 bits per heavy atom. The van der Waals surface area contributed by atoms with Crippen molar-refractivity contribution in [3.8, 4) is 0 Å². The van der Waals surface area contributed by atoms with Gasteiger partial charge in [-0.1, -0.05) is 19.0 Å². The van der Waals surface area contributed by atoms with Crippen LogP contribution in [0.3, 0.4) is 0 Å². The Morgan fingerprint density at radius 1 is 1.53 bits per heavy atom. The highest BCUT2D eigenvalue weighted by atomic mass is 19.1. The normalized spacial score (nSPS) is 18.4. The van der Waals surface area contributed by atoms with Crippen LogP contribution in [-0.2, 0) is 10.2 Å². The Hall–Kier alpha value is -1.46. The summed E-state index contributed by atoms with van der Waals surface area (Å²) in [7, 11) is 0. The van der Waals surface area contributed by atoms with Crippen molar-refractivity contribution in [2.45, 2.75) is 51.5 Å². The number of alkyl halides is 1. The van der Waals surface area contributed by atoms with Crippen molar-refractivity contribution in [2.75, 3.05) is 6.67 Å². The third-order valence-corrected chi connectivity index (χ3v) is 3.41. The number of hydrogen-bond donors (Lipinski definition) is 1. The highest BCUT2D eigenvalue weighted by Gasteiger charge is 2.49. The van der Waals surface area contributed by atoms with Gasteiger partial charge in [0.1, 0.15) is 12.7 Å². The molecule has 5 nitrogen and oxygen atoms in total. The monoisotopic (exact) mass is 269 g/mol. The molecule has 1 N–H and O–H groups in total. The fourth-order valence-corrected chi connectivity index (χ4v) is 2.10. The van der Waals surface area contributed by atoms with Crippen molar-refractivity contribution in [1.29, 1.82) is 0 Å². The van der Waals surface area contributed by atoms with Gasteiger partial charge in [0.2, 0.25) is 11.8 Å². The van der Waals surface area contributed by atoms with Crippen LogP contribution in [0.4, 0.5) is 4.39 Å². The zero-order valence-electron chi connectivity index (χ0n) is 11.6. The molecule has 2 rings (SSSR count). The Morgan fingerprint density at radius 3 is 2.68 bits per heavy atom. The van der Waals surface area contributed by atoms with Gasteiger partial charge in [-0.15, -0.1) is 0 Å². The molecule has 0 unspecified atom stereocenters. The maximum Gasteiger partial charge on any atom is 0.249 e. The molecule has 106 valence electrons. The molecule has 19 heavy (non-hydrogen) atoms. The summed E-state index contributed by atoms with van der Waals surface area (Å²) in [5.74, 6) is 1.04. The lowest BCUT2D eigenvalue weighted by Crippen LogP contribution is -2.27. The van der Waals surface area contributed by atoms with E-state index in [1.807, 2.05) is 0 Å². The Labute approximate surface area is 112 Å². The van der Waals surface area contributed by atoms with Crippen molar-refractivity contribution < 1.29 is 13.7 Å². The molecule has 1 amide bonds. The van der Waals surface area contributed by atoms with Crippen LogP contribution in [-0.4, -0.2) is 22.7 Å². The maximum atomic E-state index is 13.0. The van der Waals surface area contributed by atoms with Crippen molar-refractivity contribution in [2.24, 2.45) is 5.92 Å². The summed E-state index contributed by atoms with van der Waals surface area (Å²) < 4.78 is 18.2. The molecule has 1 heterocycles. The van der Waals surface area contributed by atoms with Gasteiger partial charge in [0.05, 0.1) is 5.41 Å². The minimum atomic E-state index is -0.527. The molecular formula is C13H20FN3O2. The fourth-order valence-electron chi connectivity index (χ4n) is 2.10. The van der Waals surface area contributed by atoms with Crippen molar-refractivity contribution >= 4 is 5.91 Å². The molecule has 1 aliphatic rings. The molecule has 1 atom stereocenters. The molecule has 6 heteroatoms. The summed E-state index contributed by atoms with van der Waals surface area (Å²) in [6.07, 6.45) is 2.23. The van der Waals surface area contributed by atoms with E-state index in [0.29, 0.717) is 24.1 Å². The van der Waals surface area contributed by atoms with Crippen LogP contribution in [0.25, 0.3) is 0 Å². The van der Waals surface area contributed by atoms with Gasteiger partial charge in [-0.05, 0) is 25.2 Å². The first-order chi connectivity index (χ1) is 8.97. The molecular weight excluding hydrogens is 249 g/mol. The Balaban J connectivity index is 2.15. The lowest BCUT2D eigenvalue weighted by atomic mass is 10.0. The van der Waals surface area contributed by atoms with E-state index in [0.717, 1.165) is 12.8 Å². The van der Waals surface area contributed by atoms with Crippen LogP contribution >= 0.6 is 0 Å². The lowest BCUT2D eigenvalue weighted by molar-refractivity contribution is -0.120. The molecule has 0 bridgehead atoms. The largest absolute Gasteiger partial charge is 0.345 e. The third kappa shape index (κ3) is 3.11. The summed E-state index contributed by atoms with van der Waals surface area (Å²) in [6.45, 7) is 5.10. The number of hydrogen-bond acceptors (Lipinski definition) is 4. The molecule has 1 saturated carbocycles. The molecule has 0 aromatic carbocycles. The highest BCUT2D eigenvalue weighted by Crippen LogP contribution is 2.47. The van der Waals surface area contributed by atoms with E-state index in [1.54, 1.807) is 0 Å². The van der Waals surface area contributed by atoms with E-state index < -0.39 is 12.1 Å². The van der Waals surface area contributed by atoms with Crippen LogP contribution in [0.2, 0.25) is 0 Å². The van der Waals surface area contributed by atoms with Crippen LogP contribution in [0, 0.1) is 5.92 Å². The van der Waals surface area contributed by atoms with Crippen LogP contribution in [0.5, 0.6) is 0 Å². The van der Waals surface area contributed by atoms with Crippen LogP contribution in [0.15, 0.2) is 4.52 Å². The van der Waals surface area contributed by atoms with E-state index in [4.69, 9.17) is 4.52 Å². The summed E-state index contributed by atoms with van der Waals surface area (Å²) in [6, 6.07) is -0.297. The summed E-state index contributed by atoms with van der Waals surface area (Å²) >= 11 is 0. The average molecular weight is 269 g/mol. The topological polar surface area (TPSA) is 68.0 Å². The molecule has 1 aromatic rings. The van der Waals surface area contributed by atoms with Gasteiger partial charge >= 0.3 is 0 Å². The number of aromatic nitrogens is 2. The fraction of sp³-hybridized carbons (Fsp3) is 0.769. The molecule has 1 aliphatic carbocycles. The number of nitrogens with zero attached hydrogens (tertiary/aromatic N) is 2. The zero-order chi connectivity index (χ0) is 14.0. The predicted molar refractivity (Wildman–Crippen MR) is 67.2 cm³/mol. The first-order valence-electron chi connectivity index (χ1n) is 6.64. The number of amides is 1. The quantitative estimate of drug-likeness (QED) is 0.860. The van der Waals surface area contributed by atoms with Crippen molar-refractivity contribution in [3.63, 3.8) is 0 Å². The second kappa shape index (κ2) is 5.27. The zero-order valence-corrected chi connectivity index (χ0v) is 11.6. The average Bonchev–Trinajstić information content (AvgIpc) is 2.97. The van der Waals surface area contributed by atoms with E-state index >= 15 is 0 Å². The van der Waals surface area contributed by atoms with E-state index in [-0.39, 0.29) is 11.9 Å². The second-order valence-electron chi connectivity index (χ2n) is 5.75. The number of carbonyl (C=O) groups is 1. The van der Waals surface area contributed by atoms with E-state index in [9.17, 15) is 9.18 Å². The predicted octanol–water partition coefficient (Wildman–Crippen LogP) is 2.29. The molecule has 1 aromatic heterocycles. The lowest BCUT2D eigenvalue weighted by Gasteiger charge is -2.15. The summed E-state index contributed by atoms with van der Waals surface area (Å²) in [4.78, 5) is 15.5. The third-order valence-electron chi connectivity index (χ3n) is 3.41. The van der Waals surface area contributed by atoms with Crippen molar-refractivity contribution in [3.05, 3.63) is 11.7 Å². The highest BCUT2D eigenvalue weighted by molar-refractivity contribution is 5.73. The number of carbonyl (C=O) groups excluding carboxylic acids is 1. The van der Waals surface area contributed by atoms with Gasteiger partial charge in [-0.3, -0.25) is 4.79 Å². The Bertz CT molecular complexity index is 454. The first kappa shape index (κ1) is 14.0. The van der Waals surface area contributed by atoms with Gasteiger partial charge in [0, 0.05) is 6.92 Å². The molecule has 0 radical (unpaired) electrons. The minimum absolute atomic E-state index is 0.142. The van der Waals surface area contributed by atoms with Gasteiger partial charge < -0.3 is 9.84 Å². The standard InChI is InChI=1S/C13H20FN3O2/c1-8(2)6-10(15-9(3)18)11-16-12(17-19-11)13(7-14)4-5-13/h8,10H,4-7H2,1-3H3,(H,15,18)/t10-/m0/s1. The molecule has 0 aliphatic heterocycles. The molecule has 0 spiro atoms. The van der Waals surface area contributed by atoms with Crippen LogP contribution in [0.1, 0.15) is 57.8 Å². The van der Waals surface area contributed by atoms with Gasteiger partial charge in [-0.2, -0.15) is 4.98 Å². The smallest absolute Gasteiger partial charge is 0.249 e. The maximum absolute atomic E-state index is 13.0. The Kier molecular flexibility index (Phi) is 3.87. The van der Waals surface area contributed by atoms with Gasteiger partial charge in [0.25, 0.3) is 0 Å². The van der Waals surface area contributed by atoms with Crippen LogP contribution < -0.4 is 5.32 Å². The second-order valence-corrected chi connectivity index (χ2v) is 5.75. The summed E-state index contributed by atoms with van der Waals surface area (Å²) in [5, 5.41) is 6.68. The van der Waals surface area contributed by atoms with E-state index in [2.05, 4.69) is 29.3 Å². The van der Waals surface area contributed by atoms with E-state index in [1.165, 1.54) is 6.92 Å². The molecule has 0 saturated heterocycles. The number of nitrogens with one attached hydrogen (secondary N) is 1. The SMILES string of the molecule is CC(=O)N[C@@H](CC(C)C)c1nc(C2(CF)CC2)no1. The summed E-state index contributed by atoms with van der Waals surface area (Å²) in [5.41, 5.74) is -0.527. The minimum Gasteiger partial charge on any atom is -0.345 e. The molecule has 1 fully saturated rings. The number of halogens is 1. The van der Waals surface area contributed by atoms with Gasteiger partial charge in [-0.25, -0.2) is 4.39 Å². The van der Waals surface area contributed by atoms with Crippen molar-refractivity contribution in [1.82, 2.24) is 15.5 Å². The van der Waals surface area contributed by atoms with Gasteiger partial charge in [0.15, 0.2) is 5.82 Å². The number of rotatable bonds is 6.